The lowest BCUT2D eigenvalue weighted by molar-refractivity contribution is 0.0918. The van der Waals surface area contributed by atoms with Crippen LogP contribution in [-0.4, -0.2) is 5.78 Å². The zero-order chi connectivity index (χ0) is 9.84. The molecular weight excluding hydrogens is 204 g/mol. The van der Waals surface area contributed by atoms with Gasteiger partial charge in [-0.15, -0.1) is 11.3 Å². The van der Waals surface area contributed by atoms with Crippen molar-refractivity contribution in [2.75, 3.05) is 0 Å². The van der Waals surface area contributed by atoms with Crippen LogP contribution in [-0.2, 0) is 0 Å². The Labute approximate surface area is 87.7 Å². The Hall–Kier alpha value is -0.340. The Balaban J connectivity index is 2.84. The van der Waals surface area contributed by atoms with Gasteiger partial charge in [-0.2, -0.15) is 0 Å². The van der Waals surface area contributed by atoms with Gasteiger partial charge in [0, 0.05) is 5.92 Å². The number of hydrogen-bond acceptors (Lipinski definition) is 2. The maximum Gasteiger partial charge on any atom is 0.177 e. The number of thiophene rings is 1. The molecule has 0 aliphatic rings. The first-order valence-electron chi connectivity index (χ1n) is 4.47. The molecule has 0 fully saturated rings. The summed E-state index contributed by atoms with van der Waals surface area (Å²) >= 11 is 7.32. The summed E-state index contributed by atoms with van der Waals surface area (Å²) in [4.78, 5) is 12.5. The molecule has 0 amide bonds. The lowest BCUT2D eigenvalue weighted by Crippen LogP contribution is -2.11. The molecule has 1 rings (SSSR count). The fraction of sp³-hybridized carbons (Fsp3) is 0.500. The Kier molecular flexibility index (Phi) is 3.94. The molecule has 0 saturated heterocycles. The zero-order valence-corrected chi connectivity index (χ0v) is 9.41. The molecule has 0 bridgehead atoms. The van der Waals surface area contributed by atoms with E-state index >= 15 is 0 Å². The molecule has 0 atom stereocenters. The van der Waals surface area contributed by atoms with Crippen molar-refractivity contribution >= 4 is 28.7 Å². The largest absolute Gasteiger partial charge is 0.293 e. The van der Waals surface area contributed by atoms with E-state index in [9.17, 15) is 4.79 Å². The summed E-state index contributed by atoms with van der Waals surface area (Å²) < 4.78 is 0. The van der Waals surface area contributed by atoms with Crippen molar-refractivity contribution in [3.63, 3.8) is 0 Å². The number of hydrogen-bond donors (Lipinski definition) is 0. The van der Waals surface area contributed by atoms with Gasteiger partial charge in [0.05, 0.1) is 9.90 Å². The van der Waals surface area contributed by atoms with Crippen LogP contribution in [0.4, 0.5) is 0 Å². The molecule has 0 aromatic carbocycles. The lowest BCUT2D eigenvalue weighted by atomic mass is 9.97. The number of carbonyl (C=O) groups is 1. The van der Waals surface area contributed by atoms with Crippen LogP contribution in [0.3, 0.4) is 0 Å². The minimum Gasteiger partial charge on any atom is -0.293 e. The summed E-state index contributed by atoms with van der Waals surface area (Å²) in [5.74, 6) is 0.334. The third-order valence-electron chi connectivity index (χ3n) is 2.20. The van der Waals surface area contributed by atoms with Crippen molar-refractivity contribution < 1.29 is 4.79 Å². The number of carbonyl (C=O) groups excluding carboxylic acids is 1. The van der Waals surface area contributed by atoms with E-state index in [1.807, 2.05) is 19.2 Å². The molecular formula is C10H13ClOS. The van der Waals surface area contributed by atoms with Gasteiger partial charge in [-0.25, -0.2) is 0 Å². The topological polar surface area (TPSA) is 17.1 Å². The molecule has 3 heteroatoms. The van der Waals surface area contributed by atoms with Gasteiger partial charge < -0.3 is 0 Å². The van der Waals surface area contributed by atoms with Crippen molar-refractivity contribution in [3.05, 3.63) is 21.3 Å². The van der Waals surface area contributed by atoms with Gasteiger partial charge in [-0.3, -0.25) is 4.79 Å². The first kappa shape index (κ1) is 10.7. The van der Waals surface area contributed by atoms with E-state index in [-0.39, 0.29) is 11.7 Å². The second-order valence-electron chi connectivity index (χ2n) is 2.98. The maximum atomic E-state index is 11.8. The third-order valence-corrected chi connectivity index (χ3v) is 3.55. The van der Waals surface area contributed by atoms with Crippen LogP contribution in [0.2, 0.25) is 5.02 Å². The number of rotatable bonds is 4. The van der Waals surface area contributed by atoms with Crippen LogP contribution in [0.1, 0.15) is 36.4 Å². The molecule has 1 heterocycles. The molecule has 1 aromatic rings. The minimum absolute atomic E-state index is 0.135. The van der Waals surface area contributed by atoms with Gasteiger partial charge in [0.2, 0.25) is 0 Å². The lowest BCUT2D eigenvalue weighted by Gasteiger charge is -2.09. The minimum atomic E-state index is 0.135. The van der Waals surface area contributed by atoms with E-state index in [0.29, 0.717) is 5.02 Å². The van der Waals surface area contributed by atoms with Crippen molar-refractivity contribution in [1.82, 2.24) is 0 Å². The normalized spacial score (nSPS) is 10.8. The Bertz CT molecular complexity index is 289. The third kappa shape index (κ3) is 2.32. The number of halogens is 1. The van der Waals surface area contributed by atoms with Crippen molar-refractivity contribution in [2.24, 2.45) is 5.92 Å². The molecule has 0 aliphatic carbocycles. The highest BCUT2D eigenvalue weighted by Gasteiger charge is 2.19. The first-order valence-corrected chi connectivity index (χ1v) is 5.73. The van der Waals surface area contributed by atoms with Crippen molar-refractivity contribution in [2.45, 2.75) is 26.7 Å². The Morgan fingerprint density at radius 3 is 2.54 bits per heavy atom. The molecule has 0 radical (unpaired) electrons. The SMILES string of the molecule is CCC(CC)C(=O)c1sccc1Cl. The van der Waals surface area contributed by atoms with Gasteiger partial charge in [0.1, 0.15) is 0 Å². The number of ketones is 1. The van der Waals surface area contributed by atoms with E-state index < -0.39 is 0 Å². The first-order chi connectivity index (χ1) is 6.20. The Morgan fingerprint density at radius 1 is 1.54 bits per heavy atom. The van der Waals surface area contributed by atoms with E-state index in [1.165, 1.54) is 11.3 Å². The summed E-state index contributed by atoms with van der Waals surface area (Å²) in [6.45, 7) is 4.07. The van der Waals surface area contributed by atoms with Crippen LogP contribution < -0.4 is 0 Å². The zero-order valence-electron chi connectivity index (χ0n) is 7.84. The van der Waals surface area contributed by atoms with Crippen molar-refractivity contribution in [1.29, 1.82) is 0 Å². The summed E-state index contributed by atoms with van der Waals surface area (Å²) in [5, 5.41) is 2.46. The smallest absolute Gasteiger partial charge is 0.177 e. The van der Waals surface area contributed by atoms with Crippen LogP contribution in [0, 0.1) is 5.92 Å². The molecule has 0 spiro atoms. The van der Waals surface area contributed by atoms with Gasteiger partial charge >= 0.3 is 0 Å². The van der Waals surface area contributed by atoms with Gasteiger partial charge in [-0.1, -0.05) is 25.4 Å². The summed E-state index contributed by atoms with van der Waals surface area (Å²) in [6.07, 6.45) is 1.78. The monoisotopic (exact) mass is 216 g/mol. The maximum absolute atomic E-state index is 11.8. The fourth-order valence-electron chi connectivity index (χ4n) is 1.31. The highest BCUT2D eigenvalue weighted by molar-refractivity contribution is 7.12. The second-order valence-corrected chi connectivity index (χ2v) is 4.30. The van der Waals surface area contributed by atoms with E-state index in [0.717, 1.165) is 17.7 Å². The molecule has 0 saturated carbocycles. The quantitative estimate of drug-likeness (QED) is 0.695. The van der Waals surface area contributed by atoms with E-state index in [1.54, 1.807) is 6.07 Å². The summed E-state index contributed by atoms with van der Waals surface area (Å²) in [7, 11) is 0. The highest BCUT2D eigenvalue weighted by Crippen LogP contribution is 2.26. The fourth-order valence-corrected chi connectivity index (χ4v) is 2.48. The molecule has 0 aliphatic heterocycles. The molecule has 0 N–H and O–H groups in total. The van der Waals surface area contributed by atoms with Gasteiger partial charge in [0.15, 0.2) is 5.78 Å². The predicted octanol–water partition coefficient (Wildman–Crippen LogP) is 4.02. The van der Waals surface area contributed by atoms with Gasteiger partial charge in [-0.05, 0) is 24.3 Å². The molecule has 13 heavy (non-hydrogen) atoms. The van der Waals surface area contributed by atoms with E-state index in [2.05, 4.69) is 0 Å². The average Bonchev–Trinajstić information content (AvgIpc) is 2.53. The molecule has 72 valence electrons. The summed E-state index contributed by atoms with van der Waals surface area (Å²) in [6, 6.07) is 1.78. The predicted molar refractivity (Wildman–Crippen MR) is 57.7 cm³/mol. The average molecular weight is 217 g/mol. The van der Waals surface area contributed by atoms with E-state index in [4.69, 9.17) is 11.6 Å². The van der Waals surface area contributed by atoms with Crippen LogP contribution in [0.25, 0.3) is 0 Å². The van der Waals surface area contributed by atoms with Gasteiger partial charge in [0.25, 0.3) is 0 Å². The second kappa shape index (κ2) is 4.77. The highest BCUT2D eigenvalue weighted by atomic mass is 35.5. The van der Waals surface area contributed by atoms with Crippen LogP contribution in [0.5, 0.6) is 0 Å². The number of Topliss-reactive ketones (excluding diaryl/α,β-unsaturated/α-hetero) is 1. The standard InChI is InChI=1S/C10H13ClOS/c1-3-7(4-2)9(12)10-8(11)5-6-13-10/h5-7H,3-4H2,1-2H3. The molecule has 1 aromatic heterocycles. The van der Waals surface area contributed by atoms with Crippen LogP contribution in [0.15, 0.2) is 11.4 Å². The van der Waals surface area contributed by atoms with Crippen molar-refractivity contribution in [3.8, 4) is 0 Å². The molecule has 1 nitrogen and oxygen atoms in total. The molecule has 0 unspecified atom stereocenters. The summed E-state index contributed by atoms with van der Waals surface area (Å²) in [5.41, 5.74) is 0. The van der Waals surface area contributed by atoms with Crippen LogP contribution >= 0.6 is 22.9 Å². The Morgan fingerprint density at radius 2 is 2.15 bits per heavy atom.